The van der Waals surface area contributed by atoms with Gasteiger partial charge in [-0.2, -0.15) is 0 Å². The molecule has 0 aliphatic rings. The molecule has 5 nitrogen and oxygen atoms in total. The third kappa shape index (κ3) is 3.94. The Bertz CT molecular complexity index is 687. The predicted octanol–water partition coefficient (Wildman–Crippen LogP) is 4.21. The second kappa shape index (κ2) is 7.35. The highest BCUT2D eigenvalue weighted by Gasteiger charge is 2.14. The number of hydrogen-bond donors (Lipinski definition) is 1. The molecule has 0 spiro atoms. The van der Waals surface area contributed by atoms with Crippen LogP contribution in [0.25, 0.3) is 0 Å². The summed E-state index contributed by atoms with van der Waals surface area (Å²) in [6.45, 7) is 5.91. The maximum absolute atomic E-state index is 12.1. The Morgan fingerprint density at radius 2 is 2.14 bits per heavy atom. The van der Waals surface area contributed by atoms with Crippen molar-refractivity contribution >= 4 is 46.6 Å². The Balaban J connectivity index is 2.02. The van der Waals surface area contributed by atoms with Crippen molar-refractivity contribution in [2.24, 2.45) is 0 Å². The van der Waals surface area contributed by atoms with E-state index in [1.165, 1.54) is 11.8 Å². The molecule has 1 amide bonds. The van der Waals surface area contributed by atoms with Crippen LogP contribution in [0.2, 0.25) is 10.0 Å². The van der Waals surface area contributed by atoms with Gasteiger partial charge >= 0.3 is 0 Å². The molecule has 118 valence electrons. The molecule has 2 aromatic rings. The number of nitrogens with one attached hydrogen (secondary N) is 1. The molecule has 0 unspecified atom stereocenters. The number of aryl methyl sites for hydroxylation is 1. The van der Waals surface area contributed by atoms with Crippen molar-refractivity contribution in [3.8, 4) is 0 Å². The maximum atomic E-state index is 12.1. The van der Waals surface area contributed by atoms with Gasteiger partial charge in [0, 0.05) is 6.04 Å². The average Bonchev–Trinajstić information content (AvgIpc) is 2.94. The fourth-order valence-corrected chi connectivity index (χ4v) is 3.08. The highest BCUT2D eigenvalue weighted by molar-refractivity contribution is 7.99. The summed E-state index contributed by atoms with van der Waals surface area (Å²) in [5.74, 6) is 0.00384. The number of carbonyl (C=O) groups is 1. The number of anilines is 1. The van der Waals surface area contributed by atoms with E-state index in [4.69, 9.17) is 23.2 Å². The van der Waals surface area contributed by atoms with Gasteiger partial charge in [-0.3, -0.25) is 4.79 Å². The zero-order chi connectivity index (χ0) is 16.3. The summed E-state index contributed by atoms with van der Waals surface area (Å²) >= 11 is 13.6. The van der Waals surface area contributed by atoms with Gasteiger partial charge in [0.2, 0.25) is 5.91 Å². The van der Waals surface area contributed by atoms with Gasteiger partial charge in [0.1, 0.15) is 6.33 Å². The van der Waals surface area contributed by atoms with E-state index in [1.54, 1.807) is 18.5 Å². The topological polar surface area (TPSA) is 59.8 Å². The number of hydrogen-bond acceptors (Lipinski definition) is 4. The standard InChI is InChI=1S/C14H16Cl2N4OS/c1-8(2)20-7-17-19-14(20)22-6-11(21)18-13-10(15)5-4-9(3)12(13)16/h4-5,7-8H,6H2,1-3H3,(H,18,21). The van der Waals surface area contributed by atoms with Crippen LogP contribution in [0.4, 0.5) is 5.69 Å². The molecule has 0 saturated carbocycles. The minimum atomic E-state index is -0.197. The second-order valence-electron chi connectivity index (χ2n) is 5.00. The summed E-state index contributed by atoms with van der Waals surface area (Å²) in [4.78, 5) is 12.1. The van der Waals surface area contributed by atoms with E-state index >= 15 is 0 Å². The lowest BCUT2D eigenvalue weighted by Crippen LogP contribution is -2.15. The largest absolute Gasteiger partial charge is 0.323 e. The van der Waals surface area contributed by atoms with E-state index in [2.05, 4.69) is 15.5 Å². The predicted molar refractivity (Wildman–Crippen MR) is 91.0 cm³/mol. The van der Waals surface area contributed by atoms with Gasteiger partial charge in [0.05, 0.1) is 21.5 Å². The highest BCUT2D eigenvalue weighted by Crippen LogP contribution is 2.33. The van der Waals surface area contributed by atoms with Crippen LogP contribution in [0, 0.1) is 6.92 Å². The van der Waals surface area contributed by atoms with E-state index in [9.17, 15) is 4.79 Å². The van der Waals surface area contributed by atoms with Crippen molar-refractivity contribution in [1.29, 1.82) is 0 Å². The summed E-state index contributed by atoms with van der Waals surface area (Å²) in [6.07, 6.45) is 1.65. The van der Waals surface area contributed by atoms with Crippen molar-refractivity contribution in [2.75, 3.05) is 11.1 Å². The monoisotopic (exact) mass is 358 g/mol. The molecule has 0 aliphatic heterocycles. The fraction of sp³-hybridized carbons (Fsp3) is 0.357. The Morgan fingerprint density at radius 1 is 1.41 bits per heavy atom. The summed E-state index contributed by atoms with van der Waals surface area (Å²) in [7, 11) is 0. The highest BCUT2D eigenvalue weighted by atomic mass is 35.5. The first-order valence-electron chi connectivity index (χ1n) is 6.67. The molecule has 0 radical (unpaired) electrons. The molecule has 2 rings (SSSR count). The normalized spacial score (nSPS) is 11.0. The van der Waals surface area contributed by atoms with Gasteiger partial charge in [-0.25, -0.2) is 0 Å². The molecule has 0 saturated heterocycles. The van der Waals surface area contributed by atoms with Crippen LogP contribution in [0.15, 0.2) is 23.6 Å². The molecule has 1 aromatic carbocycles. The smallest absolute Gasteiger partial charge is 0.234 e. The van der Waals surface area contributed by atoms with Crippen molar-refractivity contribution in [3.05, 3.63) is 34.1 Å². The third-order valence-electron chi connectivity index (χ3n) is 2.98. The fourth-order valence-electron chi connectivity index (χ4n) is 1.77. The van der Waals surface area contributed by atoms with Gasteiger partial charge in [0.15, 0.2) is 5.16 Å². The summed E-state index contributed by atoms with van der Waals surface area (Å²) < 4.78 is 1.91. The number of amides is 1. The molecule has 1 N–H and O–H groups in total. The van der Waals surface area contributed by atoms with Crippen molar-refractivity contribution in [2.45, 2.75) is 32.0 Å². The zero-order valence-corrected chi connectivity index (χ0v) is 14.8. The Labute approximate surface area is 143 Å². The Morgan fingerprint density at radius 3 is 2.82 bits per heavy atom. The van der Waals surface area contributed by atoms with Gasteiger partial charge < -0.3 is 9.88 Å². The second-order valence-corrected chi connectivity index (χ2v) is 6.73. The van der Waals surface area contributed by atoms with Gasteiger partial charge in [-0.05, 0) is 32.4 Å². The van der Waals surface area contributed by atoms with E-state index in [0.717, 1.165) is 5.56 Å². The van der Waals surface area contributed by atoms with Gasteiger partial charge in [0.25, 0.3) is 0 Å². The number of nitrogens with zero attached hydrogens (tertiary/aromatic N) is 3. The van der Waals surface area contributed by atoms with Crippen LogP contribution in [0.3, 0.4) is 0 Å². The number of halogens is 2. The lowest BCUT2D eigenvalue weighted by molar-refractivity contribution is -0.113. The van der Waals surface area contributed by atoms with Crippen molar-refractivity contribution < 1.29 is 4.79 Å². The Kier molecular flexibility index (Phi) is 5.72. The van der Waals surface area contributed by atoms with Crippen LogP contribution >= 0.6 is 35.0 Å². The van der Waals surface area contributed by atoms with Crippen molar-refractivity contribution in [1.82, 2.24) is 14.8 Å². The van der Waals surface area contributed by atoms with Crippen LogP contribution in [0.5, 0.6) is 0 Å². The molecular formula is C14H16Cl2N4OS. The first-order chi connectivity index (χ1) is 10.4. The molecule has 22 heavy (non-hydrogen) atoms. The SMILES string of the molecule is Cc1ccc(Cl)c(NC(=O)CSc2nncn2C(C)C)c1Cl. The Hall–Kier alpha value is -1.24. The van der Waals surface area contributed by atoms with Crippen LogP contribution in [0.1, 0.15) is 25.5 Å². The number of thioether (sulfide) groups is 1. The molecular weight excluding hydrogens is 343 g/mol. The van der Waals surface area contributed by atoms with Crippen LogP contribution in [-0.2, 0) is 4.79 Å². The minimum absolute atomic E-state index is 0.197. The molecule has 0 aliphatic carbocycles. The summed E-state index contributed by atoms with van der Waals surface area (Å²) in [5, 5.41) is 12.2. The molecule has 1 heterocycles. The lowest BCUT2D eigenvalue weighted by atomic mass is 10.2. The molecule has 0 fully saturated rings. The van der Waals surface area contributed by atoms with Gasteiger partial charge in [-0.15, -0.1) is 10.2 Å². The summed E-state index contributed by atoms with van der Waals surface area (Å²) in [6, 6.07) is 3.75. The molecule has 1 aromatic heterocycles. The lowest BCUT2D eigenvalue weighted by Gasteiger charge is -2.12. The first kappa shape index (κ1) is 17.1. The summed E-state index contributed by atoms with van der Waals surface area (Å²) in [5.41, 5.74) is 1.30. The van der Waals surface area contributed by atoms with Crippen LogP contribution in [-0.4, -0.2) is 26.4 Å². The van der Waals surface area contributed by atoms with Gasteiger partial charge in [-0.1, -0.05) is 41.0 Å². The maximum Gasteiger partial charge on any atom is 0.234 e. The van der Waals surface area contributed by atoms with E-state index in [1.807, 2.05) is 25.3 Å². The number of aromatic nitrogens is 3. The van der Waals surface area contributed by atoms with E-state index in [-0.39, 0.29) is 17.7 Å². The van der Waals surface area contributed by atoms with E-state index in [0.29, 0.717) is 20.9 Å². The first-order valence-corrected chi connectivity index (χ1v) is 8.41. The minimum Gasteiger partial charge on any atom is -0.323 e. The molecule has 8 heteroatoms. The third-order valence-corrected chi connectivity index (χ3v) is 4.74. The molecule has 0 bridgehead atoms. The number of benzene rings is 1. The molecule has 0 atom stereocenters. The quantitative estimate of drug-likeness (QED) is 0.813. The van der Waals surface area contributed by atoms with Crippen molar-refractivity contribution in [3.63, 3.8) is 0 Å². The average molecular weight is 359 g/mol. The zero-order valence-electron chi connectivity index (χ0n) is 12.4. The number of rotatable bonds is 5. The number of carbonyl (C=O) groups excluding carboxylic acids is 1. The van der Waals surface area contributed by atoms with E-state index < -0.39 is 0 Å². The van der Waals surface area contributed by atoms with Crippen LogP contribution < -0.4 is 5.32 Å².